The van der Waals surface area contributed by atoms with Gasteiger partial charge in [0, 0.05) is 3.57 Å². The van der Waals surface area contributed by atoms with Crippen molar-refractivity contribution in [3.8, 4) is 5.75 Å². The predicted octanol–water partition coefficient (Wildman–Crippen LogP) is 3.23. The van der Waals surface area contributed by atoms with E-state index in [1.807, 2.05) is 22.6 Å². The number of hydrogen-bond acceptors (Lipinski definition) is 1. The lowest BCUT2D eigenvalue weighted by molar-refractivity contribution is -0.0499. The fourth-order valence-corrected chi connectivity index (χ4v) is 1.48. The van der Waals surface area contributed by atoms with E-state index < -0.39 is 6.61 Å². The maximum absolute atomic E-state index is 11.8. The van der Waals surface area contributed by atoms with Crippen LogP contribution in [0.5, 0.6) is 5.75 Å². The van der Waals surface area contributed by atoms with E-state index in [4.69, 9.17) is 0 Å². The Kier molecular flexibility index (Phi) is 3.65. The van der Waals surface area contributed by atoms with Gasteiger partial charge in [0.1, 0.15) is 5.75 Å². The van der Waals surface area contributed by atoms with Gasteiger partial charge in [-0.1, -0.05) is 6.58 Å². The van der Waals surface area contributed by atoms with E-state index in [0.29, 0.717) is 5.56 Å². The average molecular weight is 295 g/mol. The van der Waals surface area contributed by atoms with Crippen LogP contribution in [-0.2, 0) is 0 Å². The number of rotatable bonds is 3. The zero-order valence-electron chi connectivity index (χ0n) is 6.56. The summed E-state index contributed by atoms with van der Waals surface area (Å²) in [6, 6.07) is 4.75. The molecule has 0 aliphatic rings. The van der Waals surface area contributed by atoms with Crippen LogP contribution in [0.25, 0.3) is 0 Å². The van der Waals surface area contributed by atoms with Crippen LogP contribution in [0.2, 0.25) is 0 Å². The quantitative estimate of drug-likeness (QED) is 0.778. The lowest BCUT2D eigenvalue weighted by atomic mass is 10.2. The molecule has 1 nitrogen and oxygen atoms in total. The molecule has 0 N–H and O–H groups in total. The number of halogens is 3. The molecular formula is C9H6F2IO. The lowest BCUT2D eigenvalue weighted by Crippen LogP contribution is -2.02. The molecule has 0 amide bonds. The highest BCUT2D eigenvalue weighted by molar-refractivity contribution is 14.1. The van der Waals surface area contributed by atoms with Gasteiger partial charge in [0.05, 0.1) is 0 Å². The molecule has 0 unspecified atom stereocenters. The summed E-state index contributed by atoms with van der Waals surface area (Å²) in [4.78, 5) is 0. The summed E-state index contributed by atoms with van der Waals surface area (Å²) >= 11 is 2.01. The molecule has 0 heterocycles. The molecule has 1 aromatic rings. The Bertz CT molecular complexity index is 312. The van der Waals surface area contributed by atoms with E-state index >= 15 is 0 Å². The number of hydrogen-bond donors (Lipinski definition) is 0. The van der Waals surface area contributed by atoms with Crippen LogP contribution in [0.3, 0.4) is 0 Å². The van der Waals surface area contributed by atoms with Gasteiger partial charge in [-0.3, -0.25) is 0 Å². The molecule has 0 spiro atoms. The Morgan fingerprint density at radius 2 is 2.08 bits per heavy atom. The minimum Gasteiger partial charge on any atom is -0.435 e. The second kappa shape index (κ2) is 4.55. The van der Waals surface area contributed by atoms with Crippen LogP contribution in [0, 0.1) is 9.65 Å². The van der Waals surface area contributed by atoms with Crippen molar-refractivity contribution < 1.29 is 13.5 Å². The van der Waals surface area contributed by atoms with Crippen molar-refractivity contribution in [3.63, 3.8) is 0 Å². The molecule has 1 aromatic carbocycles. The smallest absolute Gasteiger partial charge is 0.387 e. The maximum Gasteiger partial charge on any atom is 0.387 e. The third-order valence-electron chi connectivity index (χ3n) is 1.30. The van der Waals surface area contributed by atoms with Gasteiger partial charge in [-0.15, -0.1) is 0 Å². The summed E-state index contributed by atoms with van der Waals surface area (Å²) in [6.45, 7) is 0.625. The van der Waals surface area contributed by atoms with Crippen molar-refractivity contribution in [2.45, 2.75) is 6.61 Å². The molecule has 0 bridgehead atoms. The van der Waals surface area contributed by atoms with Crippen molar-refractivity contribution >= 4 is 22.6 Å². The highest BCUT2D eigenvalue weighted by Gasteiger charge is 2.05. The molecule has 0 saturated carbocycles. The van der Waals surface area contributed by atoms with Crippen LogP contribution in [0.4, 0.5) is 8.78 Å². The van der Waals surface area contributed by atoms with Crippen molar-refractivity contribution in [1.29, 1.82) is 0 Å². The first-order chi connectivity index (χ1) is 6.11. The van der Waals surface area contributed by atoms with Crippen molar-refractivity contribution in [2.24, 2.45) is 0 Å². The van der Waals surface area contributed by atoms with E-state index in [-0.39, 0.29) is 5.75 Å². The molecule has 4 heteroatoms. The molecule has 1 radical (unpaired) electrons. The van der Waals surface area contributed by atoms with Crippen LogP contribution in [-0.4, -0.2) is 6.61 Å². The topological polar surface area (TPSA) is 9.23 Å². The summed E-state index contributed by atoms with van der Waals surface area (Å²) in [7, 11) is 0. The first-order valence-electron chi connectivity index (χ1n) is 3.40. The molecule has 0 fully saturated rings. The summed E-state index contributed by atoms with van der Waals surface area (Å²) < 4.78 is 28.7. The molecule has 13 heavy (non-hydrogen) atoms. The fourth-order valence-electron chi connectivity index (χ4n) is 0.836. The van der Waals surface area contributed by atoms with Gasteiger partial charge in [-0.05, 0) is 52.4 Å². The third kappa shape index (κ3) is 3.30. The molecule has 1 rings (SSSR count). The van der Waals surface area contributed by atoms with Crippen LogP contribution < -0.4 is 4.74 Å². The highest BCUT2D eigenvalue weighted by atomic mass is 127. The molecule has 69 valence electrons. The summed E-state index contributed by atoms with van der Waals surface area (Å²) in [5.74, 6) is 0.132. The van der Waals surface area contributed by atoms with Gasteiger partial charge in [-0.25, -0.2) is 0 Å². The van der Waals surface area contributed by atoms with Gasteiger partial charge in [0.25, 0.3) is 0 Å². The third-order valence-corrected chi connectivity index (χ3v) is 1.92. The van der Waals surface area contributed by atoms with Gasteiger partial charge in [0.2, 0.25) is 0 Å². The SMILES string of the molecule is C=[C]c1cc(I)cc(OC(F)F)c1. The second-order valence-electron chi connectivity index (χ2n) is 2.23. The lowest BCUT2D eigenvalue weighted by Gasteiger charge is -2.05. The van der Waals surface area contributed by atoms with Gasteiger partial charge in [0.15, 0.2) is 0 Å². The van der Waals surface area contributed by atoms with Crippen molar-refractivity contribution in [3.05, 3.63) is 40.0 Å². The summed E-state index contributed by atoms with van der Waals surface area (Å²) in [5.41, 5.74) is 0.641. The minimum absolute atomic E-state index is 0.132. The highest BCUT2D eigenvalue weighted by Crippen LogP contribution is 2.20. The monoisotopic (exact) mass is 295 g/mol. The van der Waals surface area contributed by atoms with Gasteiger partial charge < -0.3 is 4.74 Å². The second-order valence-corrected chi connectivity index (χ2v) is 3.48. The number of benzene rings is 1. The summed E-state index contributed by atoms with van der Waals surface area (Å²) in [5, 5.41) is 0. The van der Waals surface area contributed by atoms with Crippen LogP contribution >= 0.6 is 22.6 Å². The standard InChI is InChI=1S/C9H6F2IO/c1-2-6-3-7(12)5-8(4-6)13-9(10)11/h3-5,9H,1H2. The van der Waals surface area contributed by atoms with E-state index in [1.54, 1.807) is 6.07 Å². The Labute approximate surface area is 88.5 Å². The van der Waals surface area contributed by atoms with E-state index in [0.717, 1.165) is 3.57 Å². The Morgan fingerprint density at radius 3 is 2.62 bits per heavy atom. The van der Waals surface area contributed by atoms with E-state index in [2.05, 4.69) is 17.4 Å². The largest absolute Gasteiger partial charge is 0.435 e. The van der Waals surface area contributed by atoms with Crippen LogP contribution in [0.1, 0.15) is 5.56 Å². The fraction of sp³-hybridized carbons (Fsp3) is 0.111. The number of alkyl halides is 2. The molecule has 0 aliphatic heterocycles. The Morgan fingerprint density at radius 1 is 1.38 bits per heavy atom. The normalized spacial score (nSPS) is 10.2. The Balaban J connectivity index is 2.94. The molecule has 0 aromatic heterocycles. The first-order valence-corrected chi connectivity index (χ1v) is 4.48. The van der Waals surface area contributed by atoms with Gasteiger partial charge in [-0.2, -0.15) is 8.78 Å². The molecule has 0 aliphatic carbocycles. The average Bonchev–Trinajstić information content (AvgIpc) is 2.01. The first kappa shape index (κ1) is 10.4. The predicted molar refractivity (Wildman–Crippen MR) is 53.8 cm³/mol. The molecule has 0 saturated heterocycles. The van der Waals surface area contributed by atoms with Crippen LogP contribution in [0.15, 0.2) is 24.8 Å². The Hall–Kier alpha value is -0.650. The minimum atomic E-state index is -2.80. The van der Waals surface area contributed by atoms with E-state index in [9.17, 15) is 8.78 Å². The van der Waals surface area contributed by atoms with E-state index in [1.165, 1.54) is 12.1 Å². The zero-order chi connectivity index (χ0) is 9.84. The van der Waals surface area contributed by atoms with Crippen molar-refractivity contribution in [2.75, 3.05) is 0 Å². The number of ether oxygens (including phenoxy) is 1. The molecule has 0 atom stereocenters. The van der Waals surface area contributed by atoms with Gasteiger partial charge >= 0.3 is 6.61 Å². The zero-order valence-corrected chi connectivity index (χ0v) is 8.72. The summed E-state index contributed by atoms with van der Waals surface area (Å²) in [6.07, 6.45) is 2.60. The van der Waals surface area contributed by atoms with Crippen molar-refractivity contribution in [1.82, 2.24) is 0 Å². The maximum atomic E-state index is 11.8. The molecular weight excluding hydrogens is 289 g/mol.